The van der Waals surface area contributed by atoms with Gasteiger partial charge >= 0.3 is 8.80 Å². The molecule has 0 rings (SSSR count). The molecule has 0 saturated heterocycles. The van der Waals surface area contributed by atoms with Gasteiger partial charge in [0.1, 0.15) is 0 Å². The van der Waals surface area contributed by atoms with E-state index >= 15 is 0 Å². The SMILES string of the molecule is CCO[Si](CCCC=NCCCC(C)C)(OCC)OCC. The van der Waals surface area contributed by atoms with E-state index in [4.69, 9.17) is 13.3 Å². The Labute approximate surface area is 132 Å². The van der Waals surface area contributed by atoms with Crippen LogP contribution in [0.15, 0.2) is 4.99 Å². The van der Waals surface area contributed by atoms with Crippen LogP contribution in [0.1, 0.15) is 60.3 Å². The van der Waals surface area contributed by atoms with Gasteiger partial charge in [0.2, 0.25) is 0 Å². The van der Waals surface area contributed by atoms with E-state index in [1.165, 1.54) is 12.8 Å². The molecule has 0 heterocycles. The van der Waals surface area contributed by atoms with Gasteiger partial charge in [0.25, 0.3) is 0 Å². The van der Waals surface area contributed by atoms with E-state index in [2.05, 4.69) is 18.8 Å². The number of hydrogen-bond acceptors (Lipinski definition) is 4. The summed E-state index contributed by atoms with van der Waals surface area (Å²) in [5.74, 6) is 0.774. The molecule has 0 saturated carbocycles. The van der Waals surface area contributed by atoms with Crippen LogP contribution in [0, 0.1) is 5.92 Å². The second-order valence-corrected chi connectivity index (χ2v) is 8.23. The lowest BCUT2D eigenvalue weighted by Crippen LogP contribution is -2.45. The third kappa shape index (κ3) is 11.0. The zero-order chi connectivity index (χ0) is 16.0. The van der Waals surface area contributed by atoms with Crippen LogP contribution in [0.25, 0.3) is 0 Å². The summed E-state index contributed by atoms with van der Waals surface area (Å²) in [6, 6.07) is 0.876. The molecule has 0 aliphatic rings. The third-order valence-corrected chi connectivity index (χ3v) is 6.26. The van der Waals surface area contributed by atoms with Crippen LogP contribution in [0.3, 0.4) is 0 Å². The summed E-state index contributed by atoms with van der Waals surface area (Å²) >= 11 is 0. The first-order valence-electron chi connectivity index (χ1n) is 8.50. The fourth-order valence-corrected chi connectivity index (χ4v) is 4.82. The average molecular weight is 318 g/mol. The molecule has 0 radical (unpaired) electrons. The zero-order valence-corrected chi connectivity index (χ0v) is 15.7. The van der Waals surface area contributed by atoms with Crippen LogP contribution in [-0.2, 0) is 13.3 Å². The van der Waals surface area contributed by atoms with Crippen molar-refractivity contribution in [2.45, 2.75) is 66.3 Å². The molecule has 0 aliphatic heterocycles. The van der Waals surface area contributed by atoms with Crippen LogP contribution >= 0.6 is 0 Å². The molecule has 0 amide bonds. The maximum Gasteiger partial charge on any atom is 0.500 e. The molecule has 0 aromatic rings. The molecular weight excluding hydrogens is 282 g/mol. The fraction of sp³-hybridized carbons (Fsp3) is 0.938. The molecule has 126 valence electrons. The Hall–Kier alpha value is -0.233. The van der Waals surface area contributed by atoms with E-state index in [9.17, 15) is 0 Å². The van der Waals surface area contributed by atoms with E-state index in [-0.39, 0.29) is 0 Å². The Morgan fingerprint density at radius 2 is 1.52 bits per heavy atom. The predicted molar refractivity (Wildman–Crippen MR) is 92.1 cm³/mol. The van der Waals surface area contributed by atoms with Crippen molar-refractivity contribution in [3.05, 3.63) is 0 Å². The number of rotatable bonds is 14. The van der Waals surface area contributed by atoms with Crippen molar-refractivity contribution in [2.75, 3.05) is 26.4 Å². The summed E-state index contributed by atoms with van der Waals surface area (Å²) in [7, 11) is -2.45. The Morgan fingerprint density at radius 3 is 2.00 bits per heavy atom. The van der Waals surface area contributed by atoms with E-state index in [1.54, 1.807) is 0 Å². The molecule has 0 unspecified atom stereocenters. The lowest BCUT2D eigenvalue weighted by Gasteiger charge is -2.28. The maximum atomic E-state index is 5.83. The smallest absolute Gasteiger partial charge is 0.374 e. The van der Waals surface area contributed by atoms with Gasteiger partial charge in [-0.3, -0.25) is 4.99 Å². The van der Waals surface area contributed by atoms with Gasteiger partial charge in [-0.25, -0.2) is 0 Å². The van der Waals surface area contributed by atoms with Crippen LogP contribution in [0.2, 0.25) is 6.04 Å². The molecular formula is C16H35NO3Si. The molecule has 0 bridgehead atoms. The summed E-state index contributed by atoms with van der Waals surface area (Å²) in [4.78, 5) is 4.47. The molecule has 0 fully saturated rings. The molecule has 0 N–H and O–H groups in total. The molecule has 0 aliphatic carbocycles. The summed E-state index contributed by atoms with van der Waals surface area (Å²) < 4.78 is 17.5. The van der Waals surface area contributed by atoms with Gasteiger partial charge in [-0.1, -0.05) is 13.8 Å². The quantitative estimate of drug-likeness (QED) is 0.272. The van der Waals surface area contributed by atoms with Crippen LogP contribution in [0.5, 0.6) is 0 Å². The van der Waals surface area contributed by atoms with Gasteiger partial charge in [0.15, 0.2) is 0 Å². The number of aliphatic imine (C=N–C) groups is 1. The van der Waals surface area contributed by atoms with E-state index in [0.29, 0.717) is 19.8 Å². The molecule has 0 aromatic carbocycles. The second-order valence-electron chi connectivity index (χ2n) is 5.50. The van der Waals surface area contributed by atoms with E-state index in [1.807, 2.05) is 27.0 Å². The average Bonchev–Trinajstić information content (AvgIpc) is 2.42. The Morgan fingerprint density at radius 1 is 0.952 bits per heavy atom. The summed E-state index contributed by atoms with van der Waals surface area (Å²) in [6.45, 7) is 13.4. The van der Waals surface area contributed by atoms with E-state index < -0.39 is 8.80 Å². The Balaban J connectivity index is 3.98. The minimum Gasteiger partial charge on any atom is -0.374 e. The van der Waals surface area contributed by atoms with Gasteiger partial charge in [0, 0.05) is 32.4 Å². The van der Waals surface area contributed by atoms with Crippen LogP contribution in [-0.4, -0.2) is 41.4 Å². The number of nitrogens with zero attached hydrogens (tertiary/aromatic N) is 1. The molecule has 0 atom stereocenters. The monoisotopic (exact) mass is 317 g/mol. The van der Waals surface area contributed by atoms with Gasteiger partial charge in [-0.2, -0.15) is 0 Å². The first-order valence-corrected chi connectivity index (χ1v) is 10.4. The summed E-state index contributed by atoms with van der Waals surface area (Å²) in [5, 5.41) is 0. The lowest BCUT2D eigenvalue weighted by molar-refractivity contribution is 0.0710. The van der Waals surface area contributed by atoms with Crippen molar-refractivity contribution >= 4 is 15.0 Å². The third-order valence-electron chi connectivity index (χ3n) is 3.11. The summed E-state index contributed by atoms with van der Waals surface area (Å²) in [6.07, 6.45) is 6.48. The molecule has 0 spiro atoms. The van der Waals surface area contributed by atoms with Gasteiger partial charge in [0.05, 0.1) is 0 Å². The van der Waals surface area contributed by atoms with Gasteiger partial charge in [-0.15, -0.1) is 0 Å². The minimum absolute atomic E-state index is 0.648. The standard InChI is InChI=1S/C16H35NO3Si/c1-6-18-21(19-7-2,20-8-3)15-10-9-13-17-14-11-12-16(4)5/h13,16H,6-12,14-15H2,1-5H3. The van der Waals surface area contributed by atoms with E-state index in [0.717, 1.165) is 31.3 Å². The normalized spacial score (nSPS) is 12.7. The van der Waals surface area contributed by atoms with Crippen molar-refractivity contribution in [2.24, 2.45) is 10.9 Å². The lowest BCUT2D eigenvalue weighted by atomic mass is 10.1. The Bertz CT molecular complexity index is 243. The minimum atomic E-state index is -2.45. The first kappa shape index (κ1) is 20.8. The van der Waals surface area contributed by atoms with Crippen molar-refractivity contribution < 1.29 is 13.3 Å². The largest absolute Gasteiger partial charge is 0.500 e. The highest BCUT2D eigenvalue weighted by atomic mass is 28.4. The second kappa shape index (κ2) is 13.4. The number of unbranched alkanes of at least 4 members (excludes halogenated alkanes) is 1. The van der Waals surface area contributed by atoms with Crippen LogP contribution in [0.4, 0.5) is 0 Å². The van der Waals surface area contributed by atoms with Gasteiger partial charge in [-0.05, 0) is 58.6 Å². The van der Waals surface area contributed by atoms with Crippen molar-refractivity contribution in [1.29, 1.82) is 0 Å². The molecule has 4 nitrogen and oxygen atoms in total. The predicted octanol–water partition coefficient (Wildman–Crippen LogP) is 4.32. The van der Waals surface area contributed by atoms with Crippen molar-refractivity contribution in [1.82, 2.24) is 0 Å². The first-order chi connectivity index (χ1) is 10.1. The van der Waals surface area contributed by atoms with Crippen molar-refractivity contribution in [3.63, 3.8) is 0 Å². The highest BCUT2D eigenvalue weighted by molar-refractivity contribution is 6.60. The Kier molecular flexibility index (Phi) is 13.3. The zero-order valence-electron chi connectivity index (χ0n) is 14.7. The van der Waals surface area contributed by atoms with Crippen molar-refractivity contribution in [3.8, 4) is 0 Å². The highest BCUT2D eigenvalue weighted by Crippen LogP contribution is 2.18. The highest BCUT2D eigenvalue weighted by Gasteiger charge is 2.39. The van der Waals surface area contributed by atoms with Gasteiger partial charge < -0.3 is 13.3 Å². The van der Waals surface area contributed by atoms with Crippen LogP contribution < -0.4 is 0 Å². The molecule has 5 heteroatoms. The fourth-order valence-electron chi connectivity index (χ4n) is 2.18. The maximum absolute atomic E-state index is 5.83. The topological polar surface area (TPSA) is 40.0 Å². The number of hydrogen-bond donors (Lipinski definition) is 0. The summed E-state index contributed by atoms with van der Waals surface area (Å²) in [5.41, 5.74) is 0. The molecule has 0 aromatic heterocycles. The molecule has 21 heavy (non-hydrogen) atoms.